The van der Waals surface area contributed by atoms with Crippen LogP contribution in [0.5, 0.6) is 0 Å². The second kappa shape index (κ2) is 5.14. The predicted octanol–water partition coefficient (Wildman–Crippen LogP) is 2.83. The van der Waals surface area contributed by atoms with Crippen LogP contribution in [0.3, 0.4) is 0 Å². The number of benzene rings is 1. The third-order valence-corrected chi connectivity index (χ3v) is 2.55. The van der Waals surface area contributed by atoms with Crippen molar-refractivity contribution in [1.29, 1.82) is 0 Å². The molecule has 5 heteroatoms. The van der Waals surface area contributed by atoms with Gasteiger partial charge in [0.25, 0.3) is 0 Å². The summed E-state index contributed by atoms with van der Waals surface area (Å²) >= 11 is 4.78. The van der Waals surface area contributed by atoms with E-state index in [0.29, 0.717) is 0 Å². The van der Waals surface area contributed by atoms with E-state index < -0.39 is 0 Å². The number of nitrogens with zero attached hydrogens (tertiary/aromatic N) is 1. The molecule has 2 rings (SSSR count). The SMILES string of the molecule is CCCCc1nc2ccc(NC(N)=S)cc2o1. The maximum atomic E-state index is 5.66. The predicted molar refractivity (Wildman–Crippen MR) is 73.0 cm³/mol. The summed E-state index contributed by atoms with van der Waals surface area (Å²) in [6.45, 7) is 2.15. The highest BCUT2D eigenvalue weighted by molar-refractivity contribution is 7.80. The van der Waals surface area contributed by atoms with Gasteiger partial charge >= 0.3 is 0 Å². The van der Waals surface area contributed by atoms with Crippen LogP contribution in [0.2, 0.25) is 0 Å². The molecular formula is C12H15N3OS. The first-order chi connectivity index (χ1) is 8.19. The highest BCUT2D eigenvalue weighted by Gasteiger charge is 2.06. The van der Waals surface area contributed by atoms with Gasteiger partial charge in [0, 0.05) is 18.2 Å². The molecule has 0 saturated carbocycles. The van der Waals surface area contributed by atoms with Crippen LogP contribution in [0.1, 0.15) is 25.7 Å². The van der Waals surface area contributed by atoms with Crippen molar-refractivity contribution in [1.82, 2.24) is 4.98 Å². The highest BCUT2D eigenvalue weighted by Crippen LogP contribution is 2.20. The van der Waals surface area contributed by atoms with Crippen molar-refractivity contribution in [2.45, 2.75) is 26.2 Å². The number of thiocarbonyl (C=S) groups is 1. The van der Waals surface area contributed by atoms with E-state index in [-0.39, 0.29) is 5.11 Å². The lowest BCUT2D eigenvalue weighted by Crippen LogP contribution is -2.18. The van der Waals surface area contributed by atoms with E-state index >= 15 is 0 Å². The molecule has 1 aromatic carbocycles. The molecule has 0 saturated heterocycles. The van der Waals surface area contributed by atoms with Crippen LogP contribution >= 0.6 is 12.2 Å². The monoisotopic (exact) mass is 249 g/mol. The number of oxazole rings is 1. The van der Waals surface area contributed by atoms with Crippen LogP contribution < -0.4 is 11.1 Å². The summed E-state index contributed by atoms with van der Waals surface area (Å²) in [5, 5.41) is 3.12. The van der Waals surface area contributed by atoms with Crippen LogP contribution in [0.4, 0.5) is 5.69 Å². The molecule has 1 heterocycles. The van der Waals surface area contributed by atoms with Crippen LogP contribution in [0.25, 0.3) is 11.1 Å². The Kier molecular flexibility index (Phi) is 3.58. The largest absolute Gasteiger partial charge is 0.441 e. The number of hydrogen-bond acceptors (Lipinski definition) is 3. The van der Waals surface area contributed by atoms with E-state index in [1.54, 1.807) is 0 Å². The van der Waals surface area contributed by atoms with Crippen LogP contribution in [0, 0.1) is 0 Å². The van der Waals surface area contributed by atoms with Gasteiger partial charge in [0.1, 0.15) is 5.52 Å². The van der Waals surface area contributed by atoms with Crippen molar-refractivity contribution in [3.05, 3.63) is 24.1 Å². The van der Waals surface area contributed by atoms with Gasteiger partial charge in [0.05, 0.1) is 0 Å². The van der Waals surface area contributed by atoms with Crippen LogP contribution in [-0.2, 0) is 6.42 Å². The van der Waals surface area contributed by atoms with E-state index in [1.807, 2.05) is 18.2 Å². The number of aryl methyl sites for hydroxylation is 1. The Morgan fingerprint density at radius 1 is 1.53 bits per heavy atom. The van der Waals surface area contributed by atoms with E-state index in [9.17, 15) is 0 Å². The number of hydrogen-bond donors (Lipinski definition) is 2. The lowest BCUT2D eigenvalue weighted by atomic mass is 10.2. The second-order valence-electron chi connectivity index (χ2n) is 3.88. The second-order valence-corrected chi connectivity index (χ2v) is 4.32. The Morgan fingerprint density at radius 2 is 2.35 bits per heavy atom. The van der Waals surface area contributed by atoms with Gasteiger partial charge in [0.2, 0.25) is 0 Å². The van der Waals surface area contributed by atoms with Crippen molar-refractivity contribution < 1.29 is 4.42 Å². The van der Waals surface area contributed by atoms with Gasteiger partial charge in [-0.1, -0.05) is 13.3 Å². The first-order valence-electron chi connectivity index (χ1n) is 5.65. The third-order valence-electron chi connectivity index (χ3n) is 2.44. The summed E-state index contributed by atoms with van der Waals surface area (Å²) in [5.74, 6) is 0.786. The van der Waals surface area contributed by atoms with Crippen molar-refractivity contribution in [3.8, 4) is 0 Å². The number of nitrogens with two attached hydrogens (primary N) is 1. The zero-order valence-electron chi connectivity index (χ0n) is 9.69. The van der Waals surface area contributed by atoms with E-state index in [1.165, 1.54) is 0 Å². The number of anilines is 1. The fourth-order valence-electron chi connectivity index (χ4n) is 1.63. The Hall–Kier alpha value is -1.62. The summed E-state index contributed by atoms with van der Waals surface area (Å²) in [6.07, 6.45) is 3.10. The smallest absolute Gasteiger partial charge is 0.195 e. The molecule has 0 amide bonds. The zero-order valence-corrected chi connectivity index (χ0v) is 10.5. The zero-order chi connectivity index (χ0) is 12.3. The summed E-state index contributed by atoms with van der Waals surface area (Å²) in [7, 11) is 0. The number of nitrogens with one attached hydrogen (secondary N) is 1. The summed E-state index contributed by atoms with van der Waals surface area (Å²) in [6, 6.07) is 5.64. The van der Waals surface area contributed by atoms with Crippen molar-refractivity contribution >= 4 is 34.1 Å². The highest BCUT2D eigenvalue weighted by atomic mass is 32.1. The number of fused-ring (bicyclic) bond motifs is 1. The van der Waals surface area contributed by atoms with Gasteiger partial charge in [-0.05, 0) is 30.8 Å². The lowest BCUT2D eigenvalue weighted by molar-refractivity contribution is 0.518. The van der Waals surface area contributed by atoms with E-state index in [4.69, 9.17) is 22.4 Å². The maximum absolute atomic E-state index is 5.66. The van der Waals surface area contributed by atoms with Crippen molar-refractivity contribution in [2.24, 2.45) is 5.73 Å². The van der Waals surface area contributed by atoms with E-state index in [2.05, 4.69) is 17.2 Å². The van der Waals surface area contributed by atoms with Gasteiger partial charge in [-0.2, -0.15) is 0 Å². The molecule has 4 nitrogen and oxygen atoms in total. The molecule has 0 radical (unpaired) electrons. The lowest BCUT2D eigenvalue weighted by Gasteiger charge is -2.01. The Balaban J connectivity index is 2.24. The van der Waals surface area contributed by atoms with Crippen LogP contribution in [0.15, 0.2) is 22.6 Å². The molecule has 90 valence electrons. The topological polar surface area (TPSA) is 64.1 Å². The molecule has 3 N–H and O–H groups in total. The molecular weight excluding hydrogens is 234 g/mol. The van der Waals surface area contributed by atoms with Gasteiger partial charge < -0.3 is 15.5 Å². The Labute approximate surface area is 105 Å². The normalized spacial score (nSPS) is 10.6. The molecule has 0 atom stereocenters. The Morgan fingerprint density at radius 3 is 3.06 bits per heavy atom. The molecule has 0 aliphatic carbocycles. The molecule has 0 aliphatic heterocycles. The van der Waals surface area contributed by atoms with Gasteiger partial charge in [-0.3, -0.25) is 0 Å². The fourth-order valence-corrected chi connectivity index (χ4v) is 1.75. The summed E-state index contributed by atoms with van der Waals surface area (Å²) in [5.41, 5.74) is 7.86. The quantitative estimate of drug-likeness (QED) is 0.816. The number of aromatic nitrogens is 1. The molecule has 0 aliphatic rings. The molecule has 17 heavy (non-hydrogen) atoms. The maximum Gasteiger partial charge on any atom is 0.195 e. The summed E-state index contributed by atoms with van der Waals surface area (Å²) < 4.78 is 5.66. The fraction of sp³-hybridized carbons (Fsp3) is 0.333. The van der Waals surface area contributed by atoms with Gasteiger partial charge in [0.15, 0.2) is 16.6 Å². The standard InChI is InChI=1S/C12H15N3OS/c1-2-3-4-11-15-9-6-5-8(14-12(13)17)7-10(9)16-11/h5-7H,2-4H2,1H3,(H3,13,14,17). The van der Waals surface area contributed by atoms with Crippen molar-refractivity contribution in [3.63, 3.8) is 0 Å². The third kappa shape index (κ3) is 2.94. The van der Waals surface area contributed by atoms with Crippen LogP contribution in [-0.4, -0.2) is 10.1 Å². The average molecular weight is 249 g/mol. The summed E-state index contributed by atoms with van der Waals surface area (Å²) in [4.78, 5) is 4.41. The van der Waals surface area contributed by atoms with E-state index in [0.717, 1.165) is 41.9 Å². The molecule has 0 bridgehead atoms. The number of rotatable bonds is 4. The average Bonchev–Trinajstić information content (AvgIpc) is 2.67. The molecule has 1 aromatic heterocycles. The molecule has 0 fully saturated rings. The number of unbranched alkanes of at least 4 members (excludes halogenated alkanes) is 1. The molecule has 0 spiro atoms. The van der Waals surface area contributed by atoms with Crippen molar-refractivity contribution in [2.75, 3.05) is 5.32 Å². The minimum atomic E-state index is 0.245. The minimum Gasteiger partial charge on any atom is -0.441 e. The molecule has 2 aromatic rings. The minimum absolute atomic E-state index is 0.245. The Bertz CT molecular complexity index is 536. The van der Waals surface area contributed by atoms with Gasteiger partial charge in [-0.15, -0.1) is 0 Å². The first-order valence-corrected chi connectivity index (χ1v) is 6.06. The first kappa shape index (κ1) is 11.9. The molecule has 0 unspecified atom stereocenters. The van der Waals surface area contributed by atoms with Gasteiger partial charge in [-0.25, -0.2) is 4.98 Å².